The molecular formula is C16H20N2O. The van der Waals surface area contributed by atoms with Crippen LogP contribution in [-0.4, -0.2) is 11.6 Å². The lowest BCUT2D eigenvalue weighted by atomic mass is 9.98. The van der Waals surface area contributed by atoms with Gasteiger partial charge in [-0.3, -0.25) is 4.79 Å². The van der Waals surface area contributed by atoms with Gasteiger partial charge in [-0.1, -0.05) is 18.9 Å². The number of carbonyl (C=O) groups is 1. The first kappa shape index (κ1) is 12.4. The molecule has 1 aliphatic carbocycles. The Bertz CT molecular complexity index is 527. The third kappa shape index (κ3) is 2.29. The van der Waals surface area contributed by atoms with Crippen molar-refractivity contribution in [3.63, 3.8) is 0 Å². The summed E-state index contributed by atoms with van der Waals surface area (Å²) in [6.45, 7) is 4.12. The molecule has 3 rings (SSSR count). The monoisotopic (exact) mass is 256 g/mol. The summed E-state index contributed by atoms with van der Waals surface area (Å²) >= 11 is 0. The van der Waals surface area contributed by atoms with Gasteiger partial charge < -0.3 is 0 Å². The van der Waals surface area contributed by atoms with E-state index in [4.69, 9.17) is 0 Å². The third-order valence-corrected chi connectivity index (χ3v) is 4.01. The molecule has 0 bridgehead atoms. The van der Waals surface area contributed by atoms with Gasteiger partial charge >= 0.3 is 0 Å². The Hall–Kier alpha value is -1.64. The summed E-state index contributed by atoms with van der Waals surface area (Å²) in [6, 6.07) is 6.20. The van der Waals surface area contributed by atoms with Crippen LogP contribution in [0.2, 0.25) is 0 Å². The molecule has 1 saturated carbocycles. The average Bonchev–Trinajstić information content (AvgIpc) is 2.55. The molecule has 100 valence electrons. The third-order valence-electron chi connectivity index (χ3n) is 4.01. The number of hydrogen-bond donors (Lipinski definition) is 0. The van der Waals surface area contributed by atoms with Gasteiger partial charge in [-0.25, -0.2) is 5.01 Å². The Morgan fingerprint density at radius 3 is 2.58 bits per heavy atom. The molecule has 3 nitrogen and oxygen atoms in total. The van der Waals surface area contributed by atoms with Gasteiger partial charge in [0.25, 0.3) is 5.91 Å². The number of hydrogen-bond acceptors (Lipinski definition) is 2. The van der Waals surface area contributed by atoms with E-state index in [9.17, 15) is 4.79 Å². The van der Waals surface area contributed by atoms with Crippen molar-refractivity contribution in [1.82, 2.24) is 0 Å². The van der Waals surface area contributed by atoms with Gasteiger partial charge in [0.15, 0.2) is 0 Å². The van der Waals surface area contributed by atoms with Crippen molar-refractivity contribution in [2.45, 2.75) is 46.0 Å². The molecule has 1 amide bonds. The van der Waals surface area contributed by atoms with Crippen molar-refractivity contribution in [3.8, 4) is 0 Å². The summed E-state index contributed by atoms with van der Waals surface area (Å²) in [5, 5.41) is 6.23. The maximum Gasteiger partial charge on any atom is 0.256 e. The van der Waals surface area contributed by atoms with E-state index in [1.165, 1.54) is 24.0 Å². The number of benzene rings is 1. The maximum atomic E-state index is 12.5. The molecule has 1 aromatic rings. The summed E-state index contributed by atoms with van der Waals surface area (Å²) in [4.78, 5) is 12.5. The van der Waals surface area contributed by atoms with Crippen molar-refractivity contribution in [2.24, 2.45) is 11.0 Å². The van der Waals surface area contributed by atoms with E-state index < -0.39 is 0 Å². The largest absolute Gasteiger partial charge is 0.272 e. The van der Waals surface area contributed by atoms with Gasteiger partial charge in [0, 0.05) is 0 Å². The highest BCUT2D eigenvalue weighted by Gasteiger charge is 2.36. The average molecular weight is 256 g/mol. The first-order valence-electron chi connectivity index (χ1n) is 7.15. The summed E-state index contributed by atoms with van der Waals surface area (Å²) in [5.41, 5.74) is 4.37. The second kappa shape index (κ2) is 4.80. The van der Waals surface area contributed by atoms with Crippen molar-refractivity contribution in [1.29, 1.82) is 0 Å². The molecule has 0 aromatic heterocycles. The van der Waals surface area contributed by atoms with Crippen LogP contribution in [0.5, 0.6) is 0 Å². The minimum absolute atomic E-state index is 0.0447. The lowest BCUT2D eigenvalue weighted by molar-refractivity contribution is -0.119. The van der Waals surface area contributed by atoms with Crippen molar-refractivity contribution < 1.29 is 4.79 Å². The van der Waals surface area contributed by atoms with Crippen LogP contribution in [0.15, 0.2) is 23.3 Å². The number of fused-ring (bicyclic) bond motifs is 1. The van der Waals surface area contributed by atoms with Gasteiger partial charge in [0.2, 0.25) is 0 Å². The molecule has 2 aliphatic rings. The smallest absolute Gasteiger partial charge is 0.256 e. The Balaban J connectivity index is 1.95. The first-order chi connectivity index (χ1) is 9.15. The lowest BCUT2D eigenvalue weighted by Crippen LogP contribution is -2.27. The molecule has 1 aromatic carbocycles. The predicted octanol–water partition coefficient (Wildman–Crippen LogP) is 3.59. The highest BCUT2D eigenvalue weighted by atomic mass is 16.2. The lowest BCUT2D eigenvalue weighted by Gasteiger charge is -2.15. The van der Waals surface area contributed by atoms with Gasteiger partial charge in [-0.05, 0) is 56.4 Å². The summed E-state index contributed by atoms with van der Waals surface area (Å²) < 4.78 is 0. The fraction of sp³-hybridized carbons (Fsp3) is 0.500. The zero-order chi connectivity index (χ0) is 13.4. The fourth-order valence-corrected chi connectivity index (χ4v) is 3.14. The zero-order valence-electron chi connectivity index (χ0n) is 11.6. The van der Waals surface area contributed by atoms with E-state index in [1.807, 2.05) is 12.1 Å². The van der Waals surface area contributed by atoms with Gasteiger partial charge in [-0.2, -0.15) is 5.10 Å². The van der Waals surface area contributed by atoms with E-state index in [0.29, 0.717) is 0 Å². The van der Waals surface area contributed by atoms with Gasteiger partial charge in [-0.15, -0.1) is 0 Å². The Labute approximate surface area is 114 Å². The minimum Gasteiger partial charge on any atom is -0.272 e. The van der Waals surface area contributed by atoms with Crippen LogP contribution in [0, 0.1) is 19.8 Å². The standard InChI is InChI=1S/C16H20N2O/c1-11-8-12(2)10-13(9-11)18-16(19)14-6-4-3-5-7-15(14)17-18/h8-10,14H,3-7H2,1-2H3. The molecule has 0 saturated heterocycles. The maximum absolute atomic E-state index is 12.5. The van der Waals surface area contributed by atoms with Crippen molar-refractivity contribution in [3.05, 3.63) is 29.3 Å². The molecule has 1 unspecified atom stereocenters. The highest BCUT2D eigenvalue weighted by molar-refractivity contribution is 6.15. The summed E-state index contributed by atoms with van der Waals surface area (Å²) in [7, 11) is 0. The van der Waals surface area contributed by atoms with E-state index >= 15 is 0 Å². The topological polar surface area (TPSA) is 32.7 Å². The zero-order valence-corrected chi connectivity index (χ0v) is 11.6. The highest BCUT2D eigenvalue weighted by Crippen LogP contribution is 2.32. The van der Waals surface area contributed by atoms with Crippen LogP contribution in [0.1, 0.15) is 43.2 Å². The molecule has 0 spiro atoms. The molecule has 0 N–H and O–H groups in total. The number of anilines is 1. The van der Waals surface area contributed by atoms with Crippen LogP contribution in [-0.2, 0) is 4.79 Å². The normalized spacial score (nSPS) is 23.1. The van der Waals surface area contributed by atoms with Crippen LogP contribution in [0.4, 0.5) is 5.69 Å². The quantitative estimate of drug-likeness (QED) is 0.755. The van der Waals surface area contributed by atoms with Crippen LogP contribution in [0.25, 0.3) is 0 Å². The Kier molecular flexibility index (Phi) is 3.13. The van der Waals surface area contributed by atoms with Crippen LogP contribution < -0.4 is 5.01 Å². The number of hydrazone groups is 1. The molecule has 1 heterocycles. The van der Waals surface area contributed by atoms with E-state index in [-0.39, 0.29) is 11.8 Å². The Morgan fingerprint density at radius 1 is 1.11 bits per heavy atom. The van der Waals surface area contributed by atoms with Crippen molar-refractivity contribution >= 4 is 17.3 Å². The minimum atomic E-state index is 0.0447. The van der Waals surface area contributed by atoms with E-state index in [0.717, 1.165) is 30.7 Å². The second-order valence-corrected chi connectivity index (χ2v) is 5.74. The van der Waals surface area contributed by atoms with E-state index in [2.05, 4.69) is 25.0 Å². The molecule has 1 fully saturated rings. The summed E-state index contributed by atoms with van der Waals surface area (Å²) in [6.07, 6.45) is 5.50. The number of rotatable bonds is 1. The van der Waals surface area contributed by atoms with E-state index in [1.54, 1.807) is 5.01 Å². The molecule has 0 radical (unpaired) electrons. The second-order valence-electron chi connectivity index (χ2n) is 5.74. The predicted molar refractivity (Wildman–Crippen MR) is 77.4 cm³/mol. The number of nitrogens with zero attached hydrogens (tertiary/aromatic N) is 2. The molecule has 19 heavy (non-hydrogen) atoms. The van der Waals surface area contributed by atoms with Crippen LogP contribution >= 0.6 is 0 Å². The van der Waals surface area contributed by atoms with Gasteiger partial charge in [0.1, 0.15) is 0 Å². The number of carbonyl (C=O) groups excluding carboxylic acids is 1. The number of amides is 1. The van der Waals surface area contributed by atoms with Crippen molar-refractivity contribution in [2.75, 3.05) is 5.01 Å². The number of aryl methyl sites for hydroxylation is 2. The van der Waals surface area contributed by atoms with Crippen LogP contribution in [0.3, 0.4) is 0 Å². The Morgan fingerprint density at radius 2 is 1.84 bits per heavy atom. The van der Waals surface area contributed by atoms with Gasteiger partial charge in [0.05, 0.1) is 17.3 Å². The fourth-order valence-electron chi connectivity index (χ4n) is 3.14. The SMILES string of the molecule is Cc1cc(C)cc(N2N=C3CCCCCC3C2=O)c1. The molecule has 3 heteroatoms. The molecule has 1 atom stereocenters. The molecular weight excluding hydrogens is 236 g/mol. The first-order valence-corrected chi connectivity index (χ1v) is 7.15. The summed E-state index contributed by atoms with van der Waals surface area (Å²) in [5.74, 6) is 0.213. The molecule has 1 aliphatic heterocycles.